The number of carbonyl (C=O) groups is 2. The number of anilines is 1. The Balaban J connectivity index is 1.63. The van der Waals surface area contributed by atoms with Gasteiger partial charge in [-0.05, 0) is 36.8 Å². The summed E-state index contributed by atoms with van der Waals surface area (Å²) in [7, 11) is 0. The molecule has 2 amide bonds. The maximum atomic E-state index is 13.6. The van der Waals surface area contributed by atoms with Crippen LogP contribution in [0, 0.1) is 5.82 Å². The van der Waals surface area contributed by atoms with Gasteiger partial charge in [-0.1, -0.05) is 54.6 Å². The first-order valence-corrected chi connectivity index (χ1v) is 9.16. The van der Waals surface area contributed by atoms with Gasteiger partial charge in [0.2, 0.25) is 0 Å². The fourth-order valence-electron chi connectivity index (χ4n) is 2.77. The van der Waals surface area contributed by atoms with Crippen LogP contribution in [-0.2, 0) is 4.79 Å². The van der Waals surface area contributed by atoms with Crippen LogP contribution in [-0.4, -0.2) is 18.4 Å². The van der Waals surface area contributed by atoms with Crippen LogP contribution < -0.4 is 15.4 Å². The number of ether oxygens (including phenoxy) is 1. The molecule has 0 saturated carbocycles. The number of amides is 2. The van der Waals surface area contributed by atoms with E-state index in [4.69, 9.17) is 4.74 Å². The molecule has 0 fully saturated rings. The molecular formula is C23H21FN2O3. The van der Waals surface area contributed by atoms with Gasteiger partial charge in [0, 0.05) is 0 Å². The molecule has 0 bridgehead atoms. The maximum Gasteiger partial charge on any atom is 0.262 e. The summed E-state index contributed by atoms with van der Waals surface area (Å²) >= 11 is 0. The number of para-hydroxylation sites is 2. The zero-order chi connectivity index (χ0) is 20.6. The highest BCUT2D eigenvalue weighted by molar-refractivity contribution is 5.97. The number of nitrogens with one attached hydrogen (secondary N) is 2. The van der Waals surface area contributed by atoms with E-state index in [1.165, 1.54) is 18.2 Å². The third kappa shape index (κ3) is 5.42. The van der Waals surface area contributed by atoms with Gasteiger partial charge in [0.05, 0.1) is 17.3 Å². The van der Waals surface area contributed by atoms with E-state index >= 15 is 0 Å². The predicted molar refractivity (Wildman–Crippen MR) is 109 cm³/mol. The third-order valence-corrected chi connectivity index (χ3v) is 4.29. The second-order valence-corrected chi connectivity index (χ2v) is 6.42. The summed E-state index contributed by atoms with van der Waals surface area (Å²) in [6.45, 7) is 1.53. The number of rotatable bonds is 7. The molecule has 5 nitrogen and oxygen atoms in total. The van der Waals surface area contributed by atoms with Gasteiger partial charge in [0.15, 0.2) is 6.61 Å². The van der Waals surface area contributed by atoms with Crippen LogP contribution in [0.5, 0.6) is 5.75 Å². The van der Waals surface area contributed by atoms with Crippen molar-refractivity contribution in [2.45, 2.75) is 13.0 Å². The van der Waals surface area contributed by atoms with Crippen molar-refractivity contribution in [3.63, 3.8) is 0 Å². The molecule has 0 aliphatic carbocycles. The number of hydrogen-bond donors (Lipinski definition) is 2. The summed E-state index contributed by atoms with van der Waals surface area (Å²) in [6.07, 6.45) is 0. The lowest BCUT2D eigenvalue weighted by atomic mass is 10.1. The van der Waals surface area contributed by atoms with Crippen molar-refractivity contribution < 1.29 is 18.7 Å². The van der Waals surface area contributed by atoms with Gasteiger partial charge in [-0.25, -0.2) is 4.39 Å². The van der Waals surface area contributed by atoms with Gasteiger partial charge in [0.25, 0.3) is 11.8 Å². The summed E-state index contributed by atoms with van der Waals surface area (Å²) in [5.41, 5.74) is 1.36. The lowest BCUT2D eigenvalue weighted by Crippen LogP contribution is -2.27. The minimum atomic E-state index is -0.532. The van der Waals surface area contributed by atoms with E-state index in [1.807, 2.05) is 37.3 Å². The number of benzene rings is 3. The molecule has 1 unspecified atom stereocenters. The molecule has 0 aliphatic rings. The molecule has 2 N–H and O–H groups in total. The van der Waals surface area contributed by atoms with Gasteiger partial charge in [0.1, 0.15) is 11.6 Å². The third-order valence-electron chi connectivity index (χ3n) is 4.29. The molecule has 0 aliphatic heterocycles. The Labute approximate surface area is 168 Å². The summed E-state index contributed by atoms with van der Waals surface area (Å²) in [5.74, 6) is -1.10. The number of halogens is 1. The highest BCUT2D eigenvalue weighted by Gasteiger charge is 2.16. The fraction of sp³-hybridized carbons (Fsp3) is 0.130. The first-order chi connectivity index (χ1) is 14.0. The monoisotopic (exact) mass is 392 g/mol. The van der Waals surface area contributed by atoms with E-state index in [0.29, 0.717) is 5.56 Å². The second-order valence-electron chi connectivity index (χ2n) is 6.42. The SMILES string of the molecule is CC(NC(=O)c1ccccc1OCC(=O)Nc1ccccc1F)c1ccccc1. The molecular weight excluding hydrogens is 371 g/mol. The molecule has 29 heavy (non-hydrogen) atoms. The van der Waals surface area contributed by atoms with Gasteiger partial charge in [-0.15, -0.1) is 0 Å². The van der Waals surface area contributed by atoms with E-state index in [0.717, 1.165) is 5.56 Å². The van der Waals surface area contributed by atoms with Crippen molar-refractivity contribution in [3.05, 3.63) is 95.8 Å². The molecule has 3 aromatic rings. The van der Waals surface area contributed by atoms with E-state index < -0.39 is 11.7 Å². The van der Waals surface area contributed by atoms with Crippen molar-refractivity contribution in [2.75, 3.05) is 11.9 Å². The topological polar surface area (TPSA) is 67.4 Å². The van der Waals surface area contributed by atoms with Crippen LogP contribution in [0.2, 0.25) is 0 Å². The highest BCUT2D eigenvalue weighted by atomic mass is 19.1. The van der Waals surface area contributed by atoms with Gasteiger partial charge >= 0.3 is 0 Å². The second kappa shape index (κ2) is 9.50. The standard InChI is InChI=1S/C23H21FN2O3/c1-16(17-9-3-2-4-10-17)25-23(28)18-11-5-8-14-21(18)29-15-22(27)26-20-13-7-6-12-19(20)24/h2-14,16H,15H2,1H3,(H,25,28)(H,26,27). The molecule has 3 rings (SSSR count). The normalized spacial score (nSPS) is 11.4. The van der Waals surface area contributed by atoms with Crippen LogP contribution in [0.3, 0.4) is 0 Å². The van der Waals surface area contributed by atoms with Crippen LogP contribution in [0.1, 0.15) is 28.9 Å². The number of hydrogen-bond acceptors (Lipinski definition) is 3. The minimum Gasteiger partial charge on any atom is -0.483 e. The Hall–Kier alpha value is -3.67. The molecule has 0 heterocycles. The summed E-state index contributed by atoms with van der Waals surface area (Å²) < 4.78 is 19.2. The average Bonchev–Trinajstić information content (AvgIpc) is 2.74. The van der Waals surface area contributed by atoms with Crippen molar-refractivity contribution in [3.8, 4) is 5.75 Å². The molecule has 0 spiro atoms. The highest BCUT2D eigenvalue weighted by Crippen LogP contribution is 2.20. The molecule has 3 aromatic carbocycles. The minimum absolute atomic E-state index is 0.0730. The molecule has 0 aromatic heterocycles. The summed E-state index contributed by atoms with van der Waals surface area (Å²) in [4.78, 5) is 24.8. The van der Waals surface area contributed by atoms with Gasteiger partial charge in [-0.2, -0.15) is 0 Å². The van der Waals surface area contributed by atoms with Crippen molar-refractivity contribution in [1.29, 1.82) is 0 Å². The summed E-state index contributed by atoms with van der Waals surface area (Å²) in [6, 6.07) is 21.9. The first kappa shape index (κ1) is 20.1. The van der Waals surface area contributed by atoms with Crippen LogP contribution >= 0.6 is 0 Å². The van der Waals surface area contributed by atoms with E-state index in [-0.39, 0.29) is 30.0 Å². The van der Waals surface area contributed by atoms with Crippen molar-refractivity contribution in [1.82, 2.24) is 5.32 Å². The smallest absolute Gasteiger partial charge is 0.262 e. The summed E-state index contributed by atoms with van der Waals surface area (Å²) in [5, 5.41) is 5.36. The lowest BCUT2D eigenvalue weighted by Gasteiger charge is -2.16. The predicted octanol–water partition coefficient (Wildman–Crippen LogP) is 4.33. The quantitative estimate of drug-likeness (QED) is 0.629. The fourth-order valence-corrected chi connectivity index (χ4v) is 2.77. The van der Waals surface area contributed by atoms with Crippen LogP contribution in [0.15, 0.2) is 78.9 Å². The lowest BCUT2D eigenvalue weighted by molar-refractivity contribution is -0.118. The molecule has 0 saturated heterocycles. The zero-order valence-electron chi connectivity index (χ0n) is 15.9. The van der Waals surface area contributed by atoms with Crippen molar-refractivity contribution >= 4 is 17.5 Å². The molecule has 1 atom stereocenters. The Morgan fingerprint density at radius 3 is 2.34 bits per heavy atom. The first-order valence-electron chi connectivity index (χ1n) is 9.16. The molecule has 148 valence electrons. The van der Waals surface area contributed by atoms with E-state index in [9.17, 15) is 14.0 Å². The largest absolute Gasteiger partial charge is 0.483 e. The van der Waals surface area contributed by atoms with E-state index in [2.05, 4.69) is 10.6 Å². The molecule has 6 heteroatoms. The zero-order valence-corrected chi connectivity index (χ0v) is 15.9. The Morgan fingerprint density at radius 1 is 0.931 bits per heavy atom. The van der Waals surface area contributed by atoms with Crippen LogP contribution in [0.25, 0.3) is 0 Å². The van der Waals surface area contributed by atoms with Gasteiger partial charge in [-0.3, -0.25) is 9.59 Å². The van der Waals surface area contributed by atoms with E-state index in [1.54, 1.807) is 30.3 Å². The maximum absolute atomic E-state index is 13.6. The molecule has 0 radical (unpaired) electrons. The Kier molecular flexibility index (Phi) is 6.58. The Bertz CT molecular complexity index is 992. The number of carbonyl (C=O) groups excluding carboxylic acids is 2. The average molecular weight is 392 g/mol. The Morgan fingerprint density at radius 2 is 1.59 bits per heavy atom. The van der Waals surface area contributed by atoms with Gasteiger partial charge < -0.3 is 15.4 Å². The van der Waals surface area contributed by atoms with Crippen molar-refractivity contribution in [2.24, 2.45) is 0 Å². The van der Waals surface area contributed by atoms with Crippen LogP contribution in [0.4, 0.5) is 10.1 Å².